The third-order valence-electron chi connectivity index (χ3n) is 4.47. The van der Waals surface area contributed by atoms with E-state index in [0.29, 0.717) is 13.0 Å². The molecule has 2 heterocycles. The highest BCUT2D eigenvalue weighted by Crippen LogP contribution is 2.21. The molecular weight excluding hydrogens is 334 g/mol. The first-order chi connectivity index (χ1) is 12.1. The molecule has 1 fully saturated rings. The Kier molecular flexibility index (Phi) is 5.83. The van der Waals surface area contributed by atoms with E-state index >= 15 is 0 Å². The zero-order valence-electron chi connectivity index (χ0n) is 14.1. The molecule has 0 radical (unpaired) electrons. The van der Waals surface area contributed by atoms with Gasteiger partial charge in [-0.15, -0.1) is 11.3 Å². The predicted octanol–water partition coefficient (Wildman–Crippen LogP) is 2.77. The number of amides is 2. The molecule has 1 aromatic carbocycles. The molecule has 1 aromatic heterocycles. The van der Waals surface area contributed by atoms with Gasteiger partial charge >= 0.3 is 0 Å². The Bertz CT molecular complexity index is 730. The van der Waals surface area contributed by atoms with Gasteiger partial charge in [-0.3, -0.25) is 14.5 Å². The number of rotatable bonds is 7. The van der Waals surface area contributed by atoms with Crippen molar-refractivity contribution >= 4 is 28.8 Å². The Morgan fingerprint density at radius 1 is 1.28 bits per heavy atom. The molecular formula is C19H23N3O2S. The number of aryl methyl sites for hydroxylation is 1. The van der Waals surface area contributed by atoms with E-state index in [1.165, 1.54) is 4.88 Å². The van der Waals surface area contributed by atoms with Crippen LogP contribution in [-0.2, 0) is 22.6 Å². The van der Waals surface area contributed by atoms with Crippen molar-refractivity contribution in [1.29, 1.82) is 0 Å². The van der Waals surface area contributed by atoms with Crippen LogP contribution in [0.4, 0.5) is 5.69 Å². The SMILES string of the molecule is NC(=O)C1CCCN1Cc1cccc(NC(=O)CCc2cccs2)c1. The molecule has 0 spiro atoms. The van der Waals surface area contributed by atoms with Crippen molar-refractivity contribution in [3.8, 4) is 0 Å². The lowest BCUT2D eigenvalue weighted by Gasteiger charge is -2.22. The van der Waals surface area contributed by atoms with E-state index in [9.17, 15) is 9.59 Å². The molecule has 6 heteroatoms. The van der Waals surface area contributed by atoms with E-state index in [-0.39, 0.29) is 17.9 Å². The lowest BCUT2D eigenvalue weighted by molar-refractivity contribution is -0.122. The molecule has 3 N–H and O–H groups in total. The normalized spacial score (nSPS) is 17.5. The summed E-state index contributed by atoms with van der Waals surface area (Å²) in [5.41, 5.74) is 7.34. The quantitative estimate of drug-likeness (QED) is 0.800. The van der Waals surface area contributed by atoms with Gasteiger partial charge in [0.2, 0.25) is 11.8 Å². The minimum atomic E-state index is -0.254. The Balaban J connectivity index is 1.55. The molecule has 1 aliphatic rings. The van der Waals surface area contributed by atoms with Crippen LogP contribution < -0.4 is 11.1 Å². The van der Waals surface area contributed by atoms with Crippen LogP contribution in [0.15, 0.2) is 41.8 Å². The van der Waals surface area contributed by atoms with Gasteiger partial charge in [0.15, 0.2) is 0 Å². The number of benzene rings is 1. The second-order valence-electron chi connectivity index (χ2n) is 6.36. The maximum absolute atomic E-state index is 12.1. The number of likely N-dealkylation sites (tertiary alicyclic amines) is 1. The fraction of sp³-hybridized carbons (Fsp3) is 0.368. The van der Waals surface area contributed by atoms with E-state index in [4.69, 9.17) is 5.73 Å². The van der Waals surface area contributed by atoms with Gasteiger partial charge in [0.1, 0.15) is 0 Å². The fourth-order valence-corrected chi connectivity index (χ4v) is 3.94. The summed E-state index contributed by atoms with van der Waals surface area (Å²) in [5, 5.41) is 4.98. The van der Waals surface area contributed by atoms with E-state index in [1.54, 1.807) is 11.3 Å². The van der Waals surface area contributed by atoms with Crippen LogP contribution in [0.1, 0.15) is 29.7 Å². The molecule has 0 bridgehead atoms. The van der Waals surface area contributed by atoms with Crippen molar-refractivity contribution in [2.24, 2.45) is 5.73 Å². The molecule has 1 atom stereocenters. The minimum Gasteiger partial charge on any atom is -0.368 e. The number of carbonyl (C=O) groups is 2. The van der Waals surface area contributed by atoms with E-state index in [0.717, 1.165) is 37.1 Å². The lowest BCUT2D eigenvalue weighted by Crippen LogP contribution is -2.39. The molecule has 2 amide bonds. The number of hydrogen-bond acceptors (Lipinski definition) is 4. The van der Waals surface area contributed by atoms with Crippen molar-refractivity contribution in [3.63, 3.8) is 0 Å². The highest BCUT2D eigenvalue weighted by atomic mass is 32.1. The standard InChI is InChI=1S/C19H23N3O2S/c20-19(24)17-7-2-10-22(17)13-14-4-1-5-15(12-14)21-18(23)9-8-16-6-3-11-25-16/h1,3-6,11-12,17H,2,7-10,13H2,(H2,20,24)(H,21,23). The first kappa shape index (κ1) is 17.6. The summed E-state index contributed by atoms with van der Waals surface area (Å²) < 4.78 is 0. The number of nitrogens with two attached hydrogens (primary N) is 1. The number of thiophene rings is 1. The van der Waals surface area contributed by atoms with Gasteiger partial charge in [0, 0.05) is 23.5 Å². The summed E-state index contributed by atoms with van der Waals surface area (Å²) in [6, 6.07) is 11.7. The van der Waals surface area contributed by atoms with Gasteiger partial charge in [-0.2, -0.15) is 0 Å². The Labute approximate surface area is 151 Å². The average molecular weight is 357 g/mol. The van der Waals surface area contributed by atoms with Gasteiger partial charge < -0.3 is 11.1 Å². The average Bonchev–Trinajstić information content (AvgIpc) is 3.24. The van der Waals surface area contributed by atoms with E-state index in [2.05, 4.69) is 10.2 Å². The van der Waals surface area contributed by atoms with Crippen LogP contribution in [0.5, 0.6) is 0 Å². The summed E-state index contributed by atoms with van der Waals surface area (Å²) in [7, 11) is 0. The number of hydrogen-bond donors (Lipinski definition) is 2. The van der Waals surface area contributed by atoms with E-state index < -0.39 is 0 Å². The summed E-state index contributed by atoms with van der Waals surface area (Å²) >= 11 is 1.67. The molecule has 0 saturated carbocycles. The predicted molar refractivity (Wildman–Crippen MR) is 100 cm³/mol. The summed E-state index contributed by atoms with van der Waals surface area (Å²) in [5.74, 6) is -0.239. The third kappa shape index (κ3) is 4.90. The van der Waals surface area contributed by atoms with Gasteiger partial charge in [-0.05, 0) is 54.9 Å². The number of primary amides is 1. The first-order valence-electron chi connectivity index (χ1n) is 8.56. The lowest BCUT2D eigenvalue weighted by atomic mass is 10.1. The van der Waals surface area contributed by atoms with Crippen molar-refractivity contribution in [1.82, 2.24) is 4.90 Å². The second-order valence-corrected chi connectivity index (χ2v) is 7.39. The fourth-order valence-electron chi connectivity index (χ4n) is 3.23. The van der Waals surface area contributed by atoms with Gasteiger partial charge in [-0.1, -0.05) is 18.2 Å². The van der Waals surface area contributed by atoms with Crippen LogP contribution >= 0.6 is 11.3 Å². The van der Waals surface area contributed by atoms with Gasteiger partial charge in [0.25, 0.3) is 0 Å². The third-order valence-corrected chi connectivity index (χ3v) is 5.40. The van der Waals surface area contributed by atoms with Crippen molar-refractivity contribution in [3.05, 3.63) is 52.2 Å². The Hall–Kier alpha value is -2.18. The number of anilines is 1. The summed E-state index contributed by atoms with van der Waals surface area (Å²) in [6.07, 6.45) is 3.05. The van der Waals surface area contributed by atoms with Gasteiger partial charge in [-0.25, -0.2) is 0 Å². The highest BCUT2D eigenvalue weighted by molar-refractivity contribution is 7.09. The number of nitrogens with one attached hydrogen (secondary N) is 1. The molecule has 1 saturated heterocycles. The molecule has 2 aromatic rings. The van der Waals surface area contributed by atoms with Gasteiger partial charge in [0.05, 0.1) is 6.04 Å². The monoisotopic (exact) mass is 357 g/mol. The van der Waals surface area contributed by atoms with Crippen molar-refractivity contribution in [2.45, 2.75) is 38.3 Å². The van der Waals surface area contributed by atoms with Crippen LogP contribution in [0.2, 0.25) is 0 Å². The topological polar surface area (TPSA) is 75.4 Å². The Morgan fingerprint density at radius 2 is 2.16 bits per heavy atom. The van der Waals surface area contributed by atoms with E-state index in [1.807, 2.05) is 41.8 Å². The second kappa shape index (κ2) is 8.27. The number of nitrogens with zero attached hydrogens (tertiary/aromatic N) is 1. The number of carbonyl (C=O) groups excluding carboxylic acids is 2. The molecule has 1 aliphatic heterocycles. The molecule has 3 rings (SSSR count). The smallest absolute Gasteiger partial charge is 0.234 e. The van der Waals surface area contributed by atoms with Crippen molar-refractivity contribution < 1.29 is 9.59 Å². The van der Waals surface area contributed by atoms with Crippen LogP contribution in [0.3, 0.4) is 0 Å². The maximum atomic E-state index is 12.1. The molecule has 132 valence electrons. The minimum absolute atomic E-state index is 0.0155. The van der Waals surface area contributed by atoms with Crippen LogP contribution in [0, 0.1) is 0 Å². The van der Waals surface area contributed by atoms with Crippen molar-refractivity contribution in [2.75, 3.05) is 11.9 Å². The van der Waals surface area contributed by atoms with Crippen LogP contribution in [0.25, 0.3) is 0 Å². The molecule has 25 heavy (non-hydrogen) atoms. The van der Waals surface area contributed by atoms with Crippen LogP contribution in [-0.4, -0.2) is 29.3 Å². The zero-order valence-corrected chi connectivity index (χ0v) is 14.9. The zero-order chi connectivity index (χ0) is 17.6. The maximum Gasteiger partial charge on any atom is 0.234 e. The largest absolute Gasteiger partial charge is 0.368 e. The molecule has 5 nitrogen and oxygen atoms in total. The molecule has 0 aliphatic carbocycles. The first-order valence-corrected chi connectivity index (χ1v) is 9.44. The molecule has 1 unspecified atom stereocenters. The summed E-state index contributed by atoms with van der Waals surface area (Å²) in [4.78, 5) is 27.0. The summed E-state index contributed by atoms with van der Waals surface area (Å²) in [6.45, 7) is 1.55. The highest BCUT2D eigenvalue weighted by Gasteiger charge is 2.28. The Morgan fingerprint density at radius 3 is 2.92 bits per heavy atom.